The second-order valence-corrected chi connectivity index (χ2v) is 7.59. The van der Waals surface area contributed by atoms with Crippen LogP contribution in [-0.4, -0.2) is 31.9 Å². The summed E-state index contributed by atoms with van der Waals surface area (Å²) in [6.45, 7) is 0. The van der Waals surface area contributed by atoms with Crippen LogP contribution in [0.4, 0.5) is 0 Å². The van der Waals surface area contributed by atoms with Gasteiger partial charge in [-0.2, -0.15) is 0 Å². The van der Waals surface area contributed by atoms with E-state index in [4.69, 9.17) is 0 Å². The zero-order valence-electron chi connectivity index (χ0n) is 14.9. The van der Waals surface area contributed by atoms with E-state index in [0.717, 1.165) is 24.8 Å². The lowest BCUT2D eigenvalue weighted by Crippen LogP contribution is -2.31. The fourth-order valence-corrected chi connectivity index (χ4v) is 3.74. The molecule has 0 aliphatic heterocycles. The van der Waals surface area contributed by atoms with Crippen LogP contribution < -0.4 is 5.32 Å². The fraction of sp³-hybridized carbons (Fsp3) is 0.300. The van der Waals surface area contributed by atoms with E-state index in [9.17, 15) is 4.79 Å². The highest BCUT2D eigenvalue weighted by Crippen LogP contribution is 2.36. The van der Waals surface area contributed by atoms with Crippen LogP contribution in [0.25, 0.3) is 0 Å². The molecule has 1 unspecified atom stereocenters. The monoisotopic (exact) mass is 379 g/mol. The Balaban J connectivity index is 1.41. The van der Waals surface area contributed by atoms with Gasteiger partial charge in [0.2, 0.25) is 11.1 Å². The third-order valence-electron chi connectivity index (χ3n) is 4.51. The summed E-state index contributed by atoms with van der Waals surface area (Å²) >= 11 is 1.39. The number of thioether (sulfide) groups is 1. The molecule has 0 spiro atoms. The molecule has 1 heterocycles. The first-order chi connectivity index (χ1) is 13.3. The third-order valence-corrected chi connectivity index (χ3v) is 5.44. The summed E-state index contributed by atoms with van der Waals surface area (Å²) < 4.78 is 1.83. The Hall–Kier alpha value is -2.67. The lowest BCUT2D eigenvalue weighted by molar-refractivity contribution is -0.119. The Morgan fingerprint density at radius 3 is 2.52 bits per heavy atom. The van der Waals surface area contributed by atoms with Gasteiger partial charge in [-0.15, -0.1) is 5.10 Å². The molecule has 27 heavy (non-hydrogen) atoms. The molecule has 7 heteroatoms. The van der Waals surface area contributed by atoms with E-state index in [-0.39, 0.29) is 11.9 Å². The average molecular weight is 379 g/mol. The van der Waals surface area contributed by atoms with Crippen LogP contribution in [0.3, 0.4) is 0 Å². The second kappa shape index (κ2) is 8.35. The van der Waals surface area contributed by atoms with Gasteiger partial charge in [-0.25, -0.2) is 4.68 Å². The van der Waals surface area contributed by atoms with Crippen molar-refractivity contribution >= 4 is 17.7 Å². The maximum Gasteiger partial charge on any atom is 0.230 e. The number of tetrazole rings is 1. The first-order valence-corrected chi connectivity index (χ1v) is 10.1. The number of rotatable bonds is 8. The van der Waals surface area contributed by atoms with Gasteiger partial charge in [0.1, 0.15) is 0 Å². The molecule has 1 saturated carbocycles. The topological polar surface area (TPSA) is 72.7 Å². The number of nitrogens with zero attached hydrogens (tertiary/aromatic N) is 4. The summed E-state index contributed by atoms with van der Waals surface area (Å²) in [6, 6.07) is 20.6. The first-order valence-electron chi connectivity index (χ1n) is 9.08. The van der Waals surface area contributed by atoms with E-state index in [1.54, 1.807) is 0 Å². The maximum absolute atomic E-state index is 12.6. The first kappa shape index (κ1) is 17.7. The number of hydrogen-bond donors (Lipinski definition) is 1. The van der Waals surface area contributed by atoms with Crippen LogP contribution in [0.15, 0.2) is 65.8 Å². The molecule has 6 nitrogen and oxygen atoms in total. The highest BCUT2D eigenvalue weighted by molar-refractivity contribution is 7.99. The minimum Gasteiger partial charge on any atom is -0.348 e. The number of carbonyl (C=O) groups excluding carboxylic acids is 1. The molecule has 138 valence electrons. The van der Waals surface area contributed by atoms with Crippen molar-refractivity contribution in [2.45, 2.75) is 36.5 Å². The summed E-state index contributed by atoms with van der Waals surface area (Å²) in [6.07, 6.45) is 2.97. The van der Waals surface area contributed by atoms with E-state index in [1.165, 1.54) is 17.3 Å². The SMILES string of the molecule is O=C(CSc1nnnn1C1CC1)NC(Cc1ccccc1)c1ccccc1. The minimum atomic E-state index is -0.0684. The van der Waals surface area contributed by atoms with Gasteiger partial charge in [-0.1, -0.05) is 72.4 Å². The standard InChI is InChI=1S/C20H21N5OS/c26-19(14-27-20-22-23-24-25(20)17-11-12-17)21-18(16-9-5-2-6-10-16)13-15-7-3-1-4-8-15/h1-10,17-18H,11-14H2,(H,21,26). The lowest BCUT2D eigenvalue weighted by atomic mass is 9.99. The van der Waals surface area contributed by atoms with Crippen molar-refractivity contribution in [1.82, 2.24) is 25.5 Å². The van der Waals surface area contributed by atoms with Gasteiger partial charge >= 0.3 is 0 Å². The normalized spacial score (nSPS) is 14.7. The smallest absolute Gasteiger partial charge is 0.230 e. The van der Waals surface area contributed by atoms with Crippen molar-refractivity contribution < 1.29 is 4.79 Å². The van der Waals surface area contributed by atoms with E-state index < -0.39 is 0 Å². The number of aromatic nitrogens is 4. The van der Waals surface area contributed by atoms with E-state index in [0.29, 0.717) is 17.0 Å². The van der Waals surface area contributed by atoms with Gasteiger partial charge in [-0.3, -0.25) is 4.79 Å². The molecule has 1 aliphatic carbocycles. The average Bonchev–Trinajstić information content (AvgIpc) is 3.45. The van der Waals surface area contributed by atoms with Gasteiger partial charge in [0.25, 0.3) is 0 Å². The van der Waals surface area contributed by atoms with E-state index in [2.05, 4.69) is 45.1 Å². The Morgan fingerprint density at radius 1 is 1.11 bits per heavy atom. The van der Waals surface area contributed by atoms with Gasteiger partial charge < -0.3 is 5.32 Å². The van der Waals surface area contributed by atoms with E-state index >= 15 is 0 Å². The molecule has 0 bridgehead atoms. The number of amides is 1. The highest BCUT2D eigenvalue weighted by atomic mass is 32.2. The van der Waals surface area contributed by atoms with Gasteiger partial charge in [-0.05, 0) is 40.8 Å². The number of nitrogens with one attached hydrogen (secondary N) is 1. The second-order valence-electron chi connectivity index (χ2n) is 6.65. The van der Waals surface area contributed by atoms with Gasteiger partial charge in [0.05, 0.1) is 17.8 Å². The third kappa shape index (κ3) is 4.74. The molecule has 1 amide bonds. The zero-order valence-corrected chi connectivity index (χ0v) is 15.7. The van der Waals surface area contributed by atoms with Crippen molar-refractivity contribution in [3.8, 4) is 0 Å². The summed E-state index contributed by atoms with van der Waals surface area (Å²) in [5, 5.41) is 15.7. The van der Waals surface area contributed by atoms with Crippen LogP contribution >= 0.6 is 11.8 Å². The predicted molar refractivity (Wildman–Crippen MR) is 104 cm³/mol. The molecule has 1 aromatic heterocycles. The van der Waals surface area contributed by atoms with E-state index in [1.807, 2.05) is 41.1 Å². The maximum atomic E-state index is 12.6. The van der Waals surface area contributed by atoms with Crippen LogP contribution in [0, 0.1) is 0 Å². The largest absolute Gasteiger partial charge is 0.348 e. The summed E-state index contributed by atoms with van der Waals surface area (Å²) in [4.78, 5) is 12.6. The van der Waals surface area contributed by atoms with Gasteiger partial charge in [0.15, 0.2) is 0 Å². The van der Waals surface area contributed by atoms with Crippen LogP contribution in [0.1, 0.15) is 36.1 Å². The molecule has 3 aromatic rings. The van der Waals surface area contributed by atoms with Gasteiger partial charge in [0, 0.05) is 0 Å². The van der Waals surface area contributed by atoms with Crippen LogP contribution in [0.2, 0.25) is 0 Å². The summed E-state index contributed by atoms with van der Waals surface area (Å²) in [5.41, 5.74) is 2.29. The number of benzene rings is 2. The van der Waals surface area contributed by atoms with Crippen molar-refractivity contribution in [2.75, 3.05) is 5.75 Å². The molecule has 0 radical (unpaired) electrons. The predicted octanol–water partition coefficient (Wildman–Crippen LogP) is 3.20. The Kier molecular flexibility index (Phi) is 5.48. The molecule has 1 aliphatic rings. The molecule has 1 N–H and O–H groups in total. The summed E-state index contributed by atoms with van der Waals surface area (Å²) in [7, 11) is 0. The highest BCUT2D eigenvalue weighted by Gasteiger charge is 2.28. The minimum absolute atomic E-state index is 0.0184. The molecule has 4 rings (SSSR count). The molecular formula is C20H21N5OS. The number of carbonyl (C=O) groups is 1. The fourth-order valence-electron chi connectivity index (χ4n) is 2.98. The van der Waals surface area contributed by atoms with Crippen molar-refractivity contribution in [3.63, 3.8) is 0 Å². The van der Waals surface area contributed by atoms with Crippen LogP contribution in [-0.2, 0) is 11.2 Å². The Morgan fingerprint density at radius 2 is 1.81 bits per heavy atom. The lowest BCUT2D eigenvalue weighted by Gasteiger charge is -2.19. The van der Waals surface area contributed by atoms with Crippen molar-refractivity contribution in [2.24, 2.45) is 0 Å². The molecule has 1 fully saturated rings. The zero-order chi connectivity index (χ0) is 18.5. The Labute approximate surface area is 162 Å². The summed E-state index contributed by atoms with van der Waals surface area (Å²) in [5.74, 6) is 0.278. The van der Waals surface area contributed by atoms with Crippen molar-refractivity contribution in [3.05, 3.63) is 71.8 Å². The molecular weight excluding hydrogens is 358 g/mol. The van der Waals surface area contributed by atoms with Crippen LogP contribution in [0.5, 0.6) is 0 Å². The number of hydrogen-bond acceptors (Lipinski definition) is 5. The quantitative estimate of drug-likeness (QED) is 0.609. The molecule has 0 saturated heterocycles. The molecule has 1 atom stereocenters. The Bertz CT molecular complexity index is 880. The molecule has 2 aromatic carbocycles. The van der Waals surface area contributed by atoms with Crippen molar-refractivity contribution in [1.29, 1.82) is 0 Å².